The van der Waals surface area contributed by atoms with E-state index in [-0.39, 0.29) is 33.5 Å². The van der Waals surface area contributed by atoms with Crippen LogP contribution < -0.4 is 0 Å². The lowest BCUT2D eigenvalue weighted by Crippen LogP contribution is -2.56. The van der Waals surface area contributed by atoms with E-state index in [2.05, 4.69) is 27.7 Å². The fourth-order valence-electron chi connectivity index (χ4n) is 7.28. The first-order chi connectivity index (χ1) is 15.7. The molecule has 184 valence electrons. The van der Waals surface area contributed by atoms with Crippen LogP contribution in [0.5, 0.6) is 0 Å². The molecule has 34 heavy (non-hydrogen) atoms. The molecule has 0 amide bonds. The molecule has 3 rings (SSSR count). The van der Waals surface area contributed by atoms with Crippen LogP contribution in [0.2, 0.25) is 0 Å². The number of carbonyl (C=O) groups is 3. The van der Waals surface area contributed by atoms with Crippen LogP contribution in [0, 0.1) is 28.1 Å². The van der Waals surface area contributed by atoms with Gasteiger partial charge in [-0.1, -0.05) is 69.7 Å². The summed E-state index contributed by atoms with van der Waals surface area (Å²) in [5, 5.41) is 8.92. The van der Waals surface area contributed by atoms with E-state index in [4.69, 9.17) is 5.11 Å². The van der Waals surface area contributed by atoms with E-state index < -0.39 is 5.97 Å². The Morgan fingerprint density at radius 3 is 2.24 bits per heavy atom. The Morgan fingerprint density at radius 2 is 1.59 bits per heavy atom. The quantitative estimate of drug-likeness (QED) is 0.359. The second-order valence-electron chi connectivity index (χ2n) is 11.7. The minimum absolute atomic E-state index is 0.00863. The number of Topliss-reactive ketones (excluding diaryl/α,β-unsaturated/α-hetero) is 2. The average molecular weight is 465 g/mol. The number of aliphatic carboxylic acids is 1. The van der Waals surface area contributed by atoms with Gasteiger partial charge in [0.05, 0.1) is 0 Å². The Labute approximate surface area is 204 Å². The van der Waals surface area contributed by atoms with Crippen LogP contribution in [0.4, 0.5) is 0 Å². The van der Waals surface area contributed by atoms with Gasteiger partial charge in [0.1, 0.15) is 5.78 Å². The van der Waals surface area contributed by atoms with Gasteiger partial charge < -0.3 is 5.11 Å². The summed E-state index contributed by atoms with van der Waals surface area (Å²) < 4.78 is 0. The number of carboxylic acid groups (broad SMARTS) is 1. The number of fused-ring (bicyclic) bond motifs is 3. The zero-order valence-corrected chi connectivity index (χ0v) is 21.8. The molecule has 0 heterocycles. The van der Waals surface area contributed by atoms with Gasteiger partial charge in [-0.2, -0.15) is 0 Å². The number of carboxylic acids is 1. The van der Waals surface area contributed by atoms with Crippen LogP contribution in [0.15, 0.2) is 58.7 Å². The van der Waals surface area contributed by atoms with E-state index in [1.54, 1.807) is 19.1 Å². The van der Waals surface area contributed by atoms with Gasteiger partial charge in [0.25, 0.3) is 0 Å². The fourth-order valence-corrected chi connectivity index (χ4v) is 7.28. The Hall–Kier alpha value is -2.49. The average Bonchev–Trinajstić information content (AvgIpc) is 3.02. The van der Waals surface area contributed by atoms with Crippen LogP contribution in [0.25, 0.3) is 0 Å². The standard InChI is InChI=1S/C30H40O4/c1-19(11-9-13-21(3)27(33)34)10-8-12-20(2)26-22(31)18-24-29(6)17-15-25(32)28(4,5)23(29)14-16-30(24,26)7/h8-13,23-24H,14-18H2,1-7H3,(H,33,34)/b11-9?,12-8+,19-10?,21-13?,26-20-. The summed E-state index contributed by atoms with van der Waals surface area (Å²) in [5.74, 6) is 0.330. The van der Waals surface area contributed by atoms with Crippen molar-refractivity contribution in [1.29, 1.82) is 0 Å². The summed E-state index contributed by atoms with van der Waals surface area (Å²) in [6.07, 6.45) is 15.2. The van der Waals surface area contributed by atoms with Gasteiger partial charge in [-0.05, 0) is 62.9 Å². The second-order valence-corrected chi connectivity index (χ2v) is 11.7. The molecule has 0 saturated heterocycles. The van der Waals surface area contributed by atoms with Crippen molar-refractivity contribution in [3.63, 3.8) is 0 Å². The molecule has 0 spiro atoms. The van der Waals surface area contributed by atoms with Gasteiger partial charge in [0, 0.05) is 34.8 Å². The molecule has 4 nitrogen and oxygen atoms in total. The van der Waals surface area contributed by atoms with Crippen molar-refractivity contribution < 1.29 is 19.5 Å². The summed E-state index contributed by atoms with van der Waals surface area (Å²) in [6, 6.07) is 0. The number of hydrogen-bond acceptors (Lipinski definition) is 3. The molecule has 0 aliphatic heterocycles. The third-order valence-corrected chi connectivity index (χ3v) is 9.18. The van der Waals surface area contributed by atoms with Crippen molar-refractivity contribution in [3.8, 4) is 0 Å². The van der Waals surface area contributed by atoms with E-state index in [1.165, 1.54) is 0 Å². The number of ketones is 2. The van der Waals surface area contributed by atoms with Crippen LogP contribution in [0.1, 0.15) is 80.6 Å². The van der Waals surface area contributed by atoms with E-state index in [0.29, 0.717) is 24.5 Å². The third kappa shape index (κ3) is 4.44. The summed E-state index contributed by atoms with van der Waals surface area (Å²) >= 11 is 0. The molecule has 0 radical (unpaired) electrons. The first-order valence-corrected chi connectivity index (χ1v) is 12.5. The lowest BCUT2D eigenvalue weighted by atomic mass is 9.43. The smallest absolute Gasteiger partial charge is 0.331 e. The highest BCUT2D eigenvalue weighted by Crippen LogP contribution is 2.68. The molecule has 3 saturated carbocycles. The van der Waals surface area contributed by atoms with Gasteiger partial charge in [-0.15, -0.1) is 0 Å². The first kappa shape index (κ1) is 26.1. The Balaban J connectivity index is 1.86. The maximum absolute atomic E-state index is 13.3. The maximum atomic E-state index is 13.3. The topological polar surface area (TPSA) is 71.4 Å². The number of allylic oxidation sites excluding steroid dienone is 9. The number of rotatable bonds is 5. The van der Waals surface area contributed by atoms with Crippen LogP contribution >= 0.6 is 0 Å². The summed E-state index contributed by atoms with van der Waals surface area (Å²) in [5.41, 5.74) is 2.83. The predicted molar refractivity (Wildman–Crippen MR) is 136 cm³/mol. The van der Waals surface area contributed by atoms with Crippen molar-refractivity contribution in [2.45, 2.75) is 80.6 Å². The van der Waals surface area contributed by atoms with Crippen LogP contribution in [0.3, 0.4) is 0 Å². The number of hydrogen-bond donors (Lipinski definition) is 1. The molecule has 3 fully saturated rings. The molecule has 0 aromatic heterocycles. The van der Waals surface area contributed by atoms with Crippen molar-refractivity contribution in [2.24, 2.45) is 28.1 Å². The van der Waals surface area contributed by atoms with E-state index in [9.17, 15) is 14.4 Å². The van der Waals surface area contributed by atoms with Crippen molar-refractivity contribution in [1.82, 2.24) is 0 Å². The largest absolute Gasteiger partial charge is 0.478 e. The minimum Gasteiger partial charge on any atom is -0.478 e. The Kier molecular flexibility index (Phi) is 7.13. The van der Waals surface area contributed by atoms with Gasteiger partial charge in [-0.25, -0.2) is 4.79 Å². The molecular weight excluding hydrogens is 424 g/mol. The lowest BCUT2D eigenvalue weighted by molar-refractivity contribution is -0.154. The fraction of sp³-hybridized carbons (Fsp3) is 0.567. The lowest BCUT2D eigenvalue weighted by Gasteiger charge is -2.60. The SMILES string of the molecule is CC(C=CC=C(C)C(=O)O)=C/C=C/C(C)=C1/C(=O)CC2C1(C)CCC1C(C)(C)C(=O)CCC12C. The highest BCUT2D eigenvalue weighted by molar-refractivity contribution is 6.01. The van der Waals surface area contributed by atoms with Gasteiger partial charge in [-0.3, -0.25) is 9.59 Å². The maximum Gasteiger partial charge on any atom is 0.331 e. The minimum atomic E-state index is -0.923. The van der Waals surface area contributed by atoms with Crippen molar-refractivity contribution in [2.75, 3.05) is 0 Å². The van der Waals surface area contributed by atoms with E-state index in [1.807, 2.05) is 38.2 Å². The Bertz CT molecular complexity index is 1050. The zero-order chi connectivity index (χ0) is 25.5. The van der Waals surface area contributed by atoms with E-state index >= 15 is 0 Å². The first-order valence-electron chi connectivity index (χ1n) is 12.5. The third-order valence-electron chi connectivity index (χ3n) is 9.18. The van der Waals surface area contributed by atoms with Gasteiger partial charge in [0.2, 0.25) is 0 Å². The molecule has 4 heteroatoms. The summed E-state index contributed by atoms with van der Waals surface area (Å²) in [6.45, 7) is 14.4. The monoisotopic (exact) mass is 464 g/mol. The Morgan fingerprint density at radius 1 is 0.941 bits per heavy atom. The molecule has 0 aromatic carbocycles. The van der Waals surface area contributed by atoms with Gasteiger partial charge in [0.15, 0.2) is 5.78 Å². The molecule has 4 atom stereocenters. The summed E-state index contributed by atoms with van der Waals surface area (Å²) in [7, 11) is 0. The highest BCUT2D eigenvalue weighted by Gasteiger charge is 2.64. The van der Waals surface area contributed by atoms with Crippen molar-refractivity contribution in [3.05, 3.63) is 58.7 Å². The van der Waals surface area contributed by atoms with E-state index in [0.717, 1.165) is 36.0 Å². The highest BCUT2D eigenvalue weighted by atomic mass is 16.4. The molecule has 1 N–H and O–H groups in total. The van der Waals surface area contributed by atoms with Crippen molar-refractivity contribution >= 4 is 17.5 Å². The number of carbonyl (C=O) groups excluding carboxylic acids is 2. The van der Waals surface area contributed by atoms with Gasteiger partial charge >= 0.3 is 5.97 Å². The molecular formula is C30H40O4. The molecule has 3 aliphatic carbocycles. The molecule has 0 bridgehead atoms. The zero-order valence-electron chi connectivity index (χ0n) is 21.8. The molecule has 4 unspecified atom stereocenters. The van der Waals surface area contributed by atoms with Crippen LogP contribution in [-0.4, -0.2) is 22.6 Å². The van der Waals surface area contributed by atoms with Crippen LogP contribution in [-0.2, 0) is 14.4 Å². The predicted octanol–water partition coefficient (Wildman–Crippen LogP) is 6.79. The molecule has 3 aliphatic rings. The normalized spacial score (nSPS) is 35.6. The molecule has 0 aromatic rings. The summed E-state index contributed by atoms with van der Waals surface area (Å²) in [4.78, 5) is 36.9. The second kappa shape index (κ2) is 9.28.